The fourth-order valence-corrected chi connectivity index (χ4v) is 2.41. The van der Waals surface area contributed by atoms with Gasteiger partial charge in [-0.15, -0.1) is 0 Å². The first-order valence-electron chi connectivity index (χ1n) is 7.55. The van der Waals surface area contributed by atoms with E-state index in [0.717, 1.165) is 5.56 Å². The quantitative estimate of drug-likeness (QED) is 0.408. The third kappa shape index (κ3) is 4.37. The monoisotopic (exact) mass is 378 g/mol. The van der Waals surface area contributed by atoms with Gasteiger partial charge in [-0.3, -0.25) is 14.5 Å². The predicted octanol–water partition coefficient (Wildman–Crippen LogP) is 0.811. The molecule has 1 aromatic rings. The number of methoxy groups -OCH3 is 2. The first-order chi connectivity index (χ1) is 12.4. The standard InChI is InChI=1S/C17H18N2O6S/c1-18-13(16(22)19(17(18)26)9-14(20)23-2)8-11-4-6-12(7-5-11)25-10-15(21)24-3/h4-8H,9-10H2,1-3H3/b13-8-. The van der Waals surface area contributed by atoms with Crippen LogP contribution in [0.4, 0.5) is 0 Å². The average Bonchev–Trinajstić information content (AvgIpc) is 2.85. The number of benzene rings is 1. The molecule has 26 heavy (non-hydrogen) atoms. The van der Waals surface area contributed by atoms with E-state index < -0.39 is 11.9 Å². The van der Waals surface area contributed by atoms with Gasteiger partial charge in [0.1, 0.15) is 18.0 Å². The summed E-state index contributed by atoms with van der Waals surface area (Å²) in [7, 11) is 4.18. The number of ether oxygens (including phenoxy) is 3. The predicted molar refractivity (Wildman–Crippen MR) is 96.0 cm³/mol. The summed E-state index contributed by atoms with van der Waals surface area (Å²) in [5.74, 6) is -0.920. The van der Waals surface area contributed by atoms with Crippen LogP contribution in [-0.4, -0.2) is 67.2 Å². The van der Waals surface area contributed by atoms with Crippen LogP contribution in [0.15, 0.2) is 30.0 Å². The van der Waals surface area contributed by atoms with E-state index in [0.29, 0.717) is 11.4 Å². The molecule has 0 saturated carbocycles. The molecule has 1 amide bonds. The molecular weight excluding hydrogens is 360 g/mol. The molecule has 2 rings (SSSR count). The summed E-state index contributed by atoms with van der Waals surface area (Å²) in [6, 6.07) is 6.79. The maximum atomic E-state index is 12.5. The lowest BCUT2D eigenvalue weighted by Gasteiger charge is -2.14. The van der Waals surface area contributed by atoms with Gasteiger partial charge in [0, 0.05) is 7.05 Å². The zero-order valence-electron chi connectivity index (χ0n) is 14.6. The highest BCUT2D eigenvalue weighted by Gasteiger charge is 2.36. The van der Waals surface area contributed by atoms with Crippen molar-refractivity contribution in [3.8, 4) is 5.75 Å². The highest BCUT2D eigenvalue weighted by molar-refractivity contribution is 7.80. The van der Waals surface area contributed by atoms with Crippen molar-refractivity contribution in [1.82, 2.24) is 9.80 Å². The zero-order chi connectivity index (χ0) is 19.3. The van der Waals surface area contributed by atoms with Gasteiger partial charge in [-0.1, -0.05) is 12.1 Å². The minimum atomic E-state index is -0.553. The summed E-state index contributed by atoms with van der Waals surface area (Å²) in [6.45, 7) is -0.426. The van der Waals surface area contributed by atoms with E-state index in [1.807, 2.05) is 0 Å². The molecular formula is C17H18N2O6S. The topological polar surface area (TPSA) is 85.4 Å². The molecule has 1 aliphatic heterocycles. The van der Waals surface area contributed by atoms with Crippen molar-refractivity contribution in [2.75, 3.05) is 34.4 Å². The van der Waals surface area contributed by atoms with Crippen LogP contribution in [0.25, 0.3) is 6.08 Å². The molecule has 1 saturated heterocycles. The molecule has 8 nitrogen and oxygen atoms in total. The maximum Gasteiger partial charge on any atom is 0.343 e. The van der Waals surface area contributed by atoms with Gasteiger partial charge in [-0.25, -0.2) is 4.79 Å². The van der Waals surface area contributed by atoms with E-state index in [4.69, 9.17) is 17.0 Å². The Bertz CT molecular complexity index is 759. The van der Waals surface area contributed by atoms with Gasteiger partial charge >= 0.3 is 11.9 Å². The minimum Gasteiger partial charge on any atom is -0.482 e. The molecule has 0 bridgehead atoms. The van der Waals surface area contributed by atoms with E-state index in [9.17, 15) is 14.4 Å². The van der Waals surface area contributed by atoms with Crippen molar-refractivity contribution < 1.29 is 28.6 Å². The van der Waals surface area contributed by atoms with Crippen molar-refractivity contribution in [3.63, 3.8) is 0 Å². The van der Waals surface area contributed by atoms with Crippen molar-refractivity contribution in [1.29, 1.82) is 0 Å². The Hall–Kier alpha value is -2.94. The number of carbonyl (C=O) groups excluding carboxylic acids is 3. The molecule has 0 unspecified atom stereocenters. The summed E-state index contributed by atoms with van der Waals surface area (Å²) in [5, 5.41) is 0.227. The molecule has 0 radical (unpaired) electrons. The summed E-state index contributed by atoms with van der Waals surface area (Å²) in [5.41, 5.74) is 1.07. The molecule has 0 atom stereocenters. The Balaban J connectivity index is 2.13. The van der Waals surface area contributed by atoms with Crippen LogP contribution in [0.2, 0.25) is 0 Å². The molecule has 0 aromatic heterocycles. The molecule has 1 fully saturated rings. The van der Waals surface area contributed by atoms with Crippen LogP contribution in [0, 0.1) is 0 Å². The Morgan fingerprint density at radius 2 is 1.73 bits per heavy atom. The molecule has 9 heteroatoms. The van der Waals surface area contributed by atoms with Gasteiger partial charge in [0.2, 0.25) is 0 Å². The summed E-state index contributed by atoms with van der Waals surface area (Å²) < 4.78 is 14.3. The Labute approximate surface area is 155 Å². The Morgan fingerprint density at radius 3 is 2.31 bits per heavy atom. The number of hydrogen-bond acceptors (Lipinski definition) is 7. The number of carbonyl (C=O) groups is 3. The summed E-state index contributed by atoms with van der Waals surface area (Å²) in [6.07, 6.45) is 1.65. The SMILES string of the molecule is COC(=O)COc1ccc(/C=C2/C(=O)N(CC(=O)OC)C(=S)N2C)cc1. The Morgan fingerprint density at radius 1 is 1.12 bits per heavy atom. The number of hydrogen-bond donors (Lipinski definition) is 0. The van der Waals surface area contributed by atoms with Crippen LogP contribution in [0.1, 0.15) is 5.56 Å². The fourth-order valence-electron chi connectivity index (χ4n) is 2.16. The lowest BCUT2D eigenvalue weighted by atomic mass is 10.2. The van der Waals surface area contributed by atoms with Gasteiger partial charge in [0.05, 0.1) is 14.2 Å². The Kier molecular flexibility index (Phi) is 6.29. The van der Waals surface area contributed by atoms with Gasteiger partial charge in [-0.05, 0) is 36.0 Å². The van der Waals surface area contributed by atoms with E-state index in [2.05, 4.69) is 9.47 Å². The van der Waals surface area contributed by atoms with Crippen molar-refractivity contribution in [3.05, 3.63) is 35.5 Å². The normalized spacial score (nSPS) is 15.4. The molecule has 1 aliphatic rings. The molecule has 0 spiro atoms. The van der Waals surface area contributed by atoms with Crippen LogP contribution >= 0.6 is 12.2 Å². The lowest BCUT2D eigenvalue weighted by Crippen LogP contribution is -2.36. The molecule has 0 N–H and O–H groups in total. The number of rotatable bonds is 6. The van der Waals surface area contributed by atoms with Crippen LogP contribution < -0.4 is 4.74 Å². The van der Waals surface area contributed by atoms with Gasteiger partial charge in [-0.2, -0.15) is 0 Å². The van der Waals surface area contributed by atoms with Crippen molar-refractivity contribution >= 4 is 41.3 Å². The van der Waals surface area contributed by atoms with Crippen molar-refractivity contribution in [2.24, 2.45) is 0 Å². The number of esters is 2. The molecule has 1 heterocycles. The van der Waals surface area contributed by atoms with Crippen LogP contribution in [0.3, 0.4) is 0 Å². The van der Waals surface area contributed by atoms with Crippen molar-refractivity contribution in [2.45, 2.75) is 0 Å². The fraction of sp³-hybridized carbons (Fsp3) is 0.294. The molecule has 138 valence electrons. The lowest BCUT2D eigenvalue weighted by molar-refractivity contribution is -0.143. The number of amides is 1. The third-order valence-corrected chi connectivity index (χ3v) is 4.12. The summed E-state index contributed by atoms with van der Waals surface area (Å²) in [4.78, 5) is 37.7. The summed E-state index contributed by atoms with van der Waals surface area (Å²) >= 11 is 5.21. The first kappa shape index (κ1) is 19.4. The number of nitrogens with zero attached hydrogens (tertiary/aromatic N) is 2. The second-order valence-corrected chi connectivity index (χ2v) is 5.64. The number of likely N-dealkylation sites (N-methyl/N-ethyl adjacent to an activating group) is 1. The first-order valence-corrected chi connectivity index (χ1v) is 7.96. The maximum absolute atomic E-state index is 12.5. The van der Waals surface area contributed by atoms with Crippen LogP contribution in [-0.2, 0) is 23.9 Å². The van der Waals surface area contributed by atoms with Gasteiger partial charge < -0.3 is 19.1 Å². The van der Waals surface area contributed by atoms with Gasteiger partial charge in [0.25, 0.3) is 5.91 Å². The highest BCUT2D eigenvalue weighted by atomic mass is 32.1. The largest absolute Gasteiger partial charge is 0.482 e. The second-order valence-electron chi connectivity index (χ2n) is 5.27. The smallest absolute Gasteiger partial charge is 0.343 e. The van der Waals surface area contributed by atoms with Crippen LogP contribution in [0.5, 0.6) is 5.75 Å². The highest BCUT2D eigenvalue weighted by Crippen LogP contribution is 2.23. The van der Waals surface area contributed by atoms with E-state index >= 15 is 0 Å². The second kappa shape index (κ2) is 8.43. The zero-order valence-corrected chi connectivity index (χ0v) is 15.4. The number of thiocarbonyl (C=S) groups is 1. The van der Waals surface area contributed by atoms with E-state index in [-0.39, 0.29) is 24.2 Å². The van der Waals surface area contributed by atoms with Gasteiger partial charge in [0.15, 0.2) is 11.7 Å². The minimum absolute atomic E-state index is 0.186. The van der Waals surface area contributed by atoms with E-state index in [1.54, 1.807) is 37.4 Å². The molecule has 0 aliphatic carbocycles. The third-order valence-electron chi connectivity index (χ3n) is 3.63. The molecule has 1 aromatic carbocycles. The van der Waals surface area contributed by atoms with E-state index in [1.165, 1.54) is 24.0 Å². The average molecular weight is 378 g/mol.